The summed E-state index contributed by atoms with van der Waals surface area (Å²) in [5, 5.41) is 12.8. The Morgan fingerprint density at radius 3 is 2.62 bits per heavy atom. The number of benzene rings is 1. The number of carbonyl (C=O) groups is 1. The van der Waals surface area contributed by atoms with Gasteiger partial charge in [-0.25, -0.2) is 4.39 Å². The van der Waals surface area contributed by atoms with Crippen molar-refractivity contribution in [2.75, 3.05) is 11.9 Å². The summed E-state index contributed by atoms with van der Waals surface area (Å²) in [6.45, 7) is 11.7. The van der Waals surface area contributed by atoms with Crippen LogP contribution in [-0.4, -0.2) is 34.3 Å². The van der Waals surface area contributed by atoms with E-state index < -0.39 is 17.8 Å². The van der Waals surface area contributed by atoms with E-state index in [2.05, 4.69) is 10.3 Å². The second-order valence-electron chi connectivity index (χ2n) is 8.87. The average molecular weight is 445 g/mol. The number of carbonyl (C=O) groups excluding carboxylic acids is 1. The van der Waals surface area contributed by atoms with Crippen LogP contribution < -0.4 is 10.1 Å². The first kappa shape index (κ1) is 24.1. The monoisotopic (exact) mass is 444 g/mol. The molecule has 1 aliphatic rings. The van der Waals surface area contributed by atoms with Crippen LogP contribution in [0.25, 0.3) is 0 Å². The number of pyridine rings is 1. The molecule has 0 saturated carbocycles. The largest absolute Gasteiger partial charge is 0.493 e. The molecule has 1 amide bonds. The highest BCUT2D eigenvalue weighted by molar-refractivity contribution is 5.95. The van der Waals surface area contributed by atoms with Gasteiger partial charge in [0.15, 0.2) is 0 Å². The lowest BCUT2D eigenvalue weighted by atomic mass is 9.77. The predicted molar refractivity (Wildman–Crippen MR) is 121 cm³/mol. The zero-order chi connectivity index (χ0) is 23.6. The van der Waals surface area contributed by atoms with Crippen molar-refractivity contribution in [3.63, 3.8) is 0 Å². The third-order valence-electron chi connectivity index (χ3n) is 6.45. The first-order valence-corrected chi connectivity index (χ1v) is 11.1. The summed E-state index contributed by atoms with van der Waals surface area (Å²) in [6, 6.07) is 6.52. The van der Waals surface area contributed by atoms with Gasteiger partial charge in [0.1, 0.15) is 17.7 Å². The number of hydrogen-bond acceptors (Lipinski definition) is 5. The topological polar surface area (TPSA) is 80.7 Å². The molecule has 3 rings (SSSR count). The van der Waals surface area contributed by atoms with E-state index in [-0.39, 0.29) is 23.6 Å². The van der Waals surface area contributed by atoms with Crippen LogP contribution in [0.5, 0.6) is 5.75 Å². The fourth-order valence-electron chi connectivity index (χ4n) is 4.24. The molecule has 2 N–H and O–H groups in total. The molecule has 1 aromatic heterocycles. The number of aliphatic hydroxyl groups excluding tert-OH is 1. The number of aromatic nitrogens is 1. The third kappa shape index (κ3) is 4.64. The van der Waals surface area contributed by atoms with Gasteiger partial charge in [-0.2, -0.15) is 0 Å². The van der Waals surface area contributed by atoms with Crippen molar-refractivity contribution >= 4 is 11.6 Å². The van der Waals surface area contributed by atoms with Gasteiger partial charge in [-0.1, -0.05) is 19.9 Å². The Kier molecular flexibility index (Phi) is 7.20. The van der Waals surface area contributed by atoms with Crippen molar-refractivity contribution in [3.05, 3.63) is 53.1 Å². The number of nitrogens with one attached hydrogen (secondary N) is 1. The van der Waals surface area contributed by atoms with Crippen molar-refractivity contribution in [1.82, 2.24) is 4.98 Å². The highest BCUT2D eigenvalue weighted by Gasteiger charge is 2.51. The summed E-state index contributed by atoms with van der Waals surface area (Å²) >= 11 is 0. The van der Waals surface area contributed by atoms with E-state index in [0.29, 0.717) is 35.7 Å². The van der Waals surface area contributed by atoms with Crippen molar-refractivity contribution in [1.29, 1.82) is 0 Å². The van der Waals surface area contributed by atoms with E-state index in [9.17, 15) is 14.3 Å². The number of anilines is 1. The van der Waals surface area contributed by atoms with Gasteiger partial charge >= 0.3 is 0 Å². The summed E-state index contributed by atoms with van der Waals surface area (Å²) in [6.07, 6.45) is 0.661. The number of nitrogens with zero attached hydrogens (tertiary/aromatic N) is 1. The van der Waals surface area contributed by atoms with Gasteiger partial charge in [0, 0.05) is 17.0 Å². The summed E-state index contributed by atoms with van der Waals surface area (Å²) in [5.74, 6) is -0.516. The molecule has 7 heteroatoms. The second kappa shape index (κ2) is 9.55. The van der Waals surface area contributed by atoms with Crippen molar-refractivity contribution in [3.8, 4) is 5.75 Å². The van der Waals surface area contributed by atoms with Gasteiger partial charge in [-0.15, -0.1) is 0 Å². The Labute approximate surface area is 189 Å². The summed E-state index contributed by atoms with van der Waals surface area (Å²) < 4.78 is 26.3. The van der Waals surface area contributed by atoms with E-state index in [4.69, 9.17) is 9.47 Å². The highest BCUT2D eigenvalue weighted by atomic mass is 19.1. The maximum absolute atomic E-state index is 14.3. The van der Waals surface area contributed by atoms with Crippen LogP contribution in [0, 0.1) is 18.7 Å². The molecule has 1 aromatic carbocycles. The zero-order valence-corrected chi connectivity index (χ0v) is 19.6. The lowest BCUT2D eigenvalue weighted by Crippen LogP contribution is -2.33. The maximum Gasteiger partial charge on any atom is 0.254 e. The normalized spacial score (nSPS) is 23.1. The number of hydrogen-bond donors (Lipinski definition) is 2. The molecule has 0 radical (unpaired) electrons. The molecule has 2 heterocycles. The minimum Gasteiger partial charge on any atom is -0.493 e. The van der Waals surface area contributed by atoms with Gasteiger partial charge < -0.3 is 19.9 Å². The van der Waals surface area contributed by atoms with Crippen LogP contribution >= 0.6 is 0 Å². The summed E-state index contributed by atoms with van der Waals surface area (Å²) in [5.41, 5.74) is 1.70. The SMILES string of the molecule is CCOc1c([C@H]2[C@H](C(=O)Nc3ccc([C@H](O)CC)nc3)OC(C)(C)[C@H]2C)ccc(F)c1C. The molecule has 32 heavy (non-hydrogen) atoms. The molecule has 2 aromatic rings. The summed E-state index contributed by atoms with van der Waals surface area (Å²) in [7, 11) is 0. The van der Waals surface area contributed by atoms with Crippen LogP contribution in [-0.2, 0) is 9.53 Å². The van der Waals surface area contributed by atoms with E-state index >= 15 is 0 Å². The molecule has 0 spiro atoms. The summed E-state index contributed by atoms with van der Waals surface area (Å²) in [4.78, 5) is 17.5. The number of rotatable bonds is 7. The van der Waals surface area contributed by atoms with Crippen LogP contribution in [0.15, 0.2) is 30.5 Å². The van der Waals surface area contributed by atoms with Crippen molar-refractivity contribution < 1.29 is 23.8 Å². The van der Waals surface area contributed by atoms with Crippen LogP contribution in [0.1, 0.15) is 69.9 Å². The lowest BCUT2D eigenvalue weighted by molar-refractivity contribution is -0.131. The Balaban J connectivity index is 1.93. The molecular weight excluding hydrogens is 411 g/mol. The Morgan fingerprint density at radius 1 is 1.31 bits per heavy atom. The minimum absolute atomic E-state index is 0.0254. The maximum atomic E-state index is 14.3. The number of halogens is 1. The number of amides is 1. The third-order valence-corrected chi connectivity index (χ3v) is 6.45. The molecule has 0 bridgehead atoms. The fraction of sp³-hybridized carbons (Fsp3) is 0.520. The van der Waals surface area contributed by atoms with Crippen molar-refractivity contribution in [2.24, 2.45) is 5.92 Å². The van der Waals surface area contributed by atoms with Gasteiger partial charge in [0.2, 0.25) is 0 Å². The number of aliphatic hydroxyl groups is 1. The van der Waals surface area contributed by atoms with Gasteiger partial charge in [0.05, 0.1) is 35.9 Å². The minimum atomic E-state index is -0.787. The predicted octanol–water partition coefficient (Wildman–Crippen LogP) is 4.91. The Hall–Kier alpha value is -2.51. The molecule has 1 saturated heterocycles. The zero-order valence-electron chi connectivity index (χ0n) is 19.6. The molecule has 174 valence electrons. The lowest BCUT2D eigenvalue weighted by Gasteiger charge is -2.26. The van der Waals surface area contributed by atoms with Gasteiger partial charge in [-0.3, -0.25) is 9.78 Å². The molecule has 6 nitrogen and oxygen atoms in total. The van der Waals surface area contributed by atoms with E-state index in [1.165, 1.54) is 12.3 Å². The molecule has 4 atom stereocenters. The molecule has 1 aliphatic heterocycles. The Bertz CT molecular complexity index is 961. The van der Waals surface area contributed by atoms with E-state index in [1.807, 2.05) is 34.6 Å². The fourth-order valence-corrected chi connectivity index (χ4v) is 4.24. The Morgan fingerprint density at radius 2 is 2.03 bits per heavy atom. The van der Waals surface area contributed by atoms with Crippen LogP contribution in [0.2, 0.25) is 0 Å². The van der Waals surface area contributed by atoms with Gasteiger partial charge in [0.25, 0.3) is 5.91 Å². The molecule has 1 fully saturated rings. The molecular formula is C25H33FN2O4. The smallest absolute Gasteiger partial charge is 0.254 e. The molecule has 0 aliphatic carbocycles. The first-order valence-electron chi connectivity index (χ1n) is 11.1. The van der Waals surface area contributed by atoms with Crippen LogP contribution in [0.3, 0.4) is 0 Å². The van der Waals surface area contributed by atoms with Crippen molar-refractivity contribution in [2.45, 2.75) is 71.7 Å². The second-order valence-corrected chi connectivity index (χ2v) is 8.87. The van der Waals surface area contributed by atoms with Crippen LogP contribution in [0.4, 0.5) is 10.1 Å². The van der Waals surface area contributed by atoms with E-state index in [0.717, 1.165) is 5.56 Å². The average Bonchev–Trinajstić information content (AvgIpc) is 3.01. The van der Waals surface area contributed by atoms with Gasteiger partial charge in [-0.05, 0) is 58.2 Å². The standard InChI is InChI=1S/C25H33FN2O4/c1-7-20(29)19-12-9-16(13-27-19)28-24(30)23-21(15(4)25(5,6)32-23)17-10-11-18(26)14(3)22(17)31-8-2/h9-13,15,20-21,23,29H,7-8H2,1-6H3,(H,28,30)/t15-,20+,21-,23+/m0/s1. The van der Waals surface area contributed by atoms with E-state index in [1.54, 1.807) is 25.1 Å². The quantitative estimate of drug-likeness (QED) is 0.634. The first-order chi connectivity index (χ1) is 15.1. The molecule has 0 unspecified atom stereocenters. The highest BCUT2D eigenvalue weighted by Crippen LogP contribution is 2.49. The number of ether oxygens (including phenoxy) is 2.